The zero-order valence-corrected chi connectivity index (χ0v) is 10.1. The summed E-state index contributed by atoms with van der Waals surface area (Å²) in [6.45, 7) is 2.18. The molecule has 0 bridgehead atoms. The molecule has 0 aromatic heterocycles. The van der Waals surface area contributed by atoms with E-state index < -0.39 is 0 Å². The predicted octanol–water partition coefficient (Wildman–Crippen LogP) is 3.48. The van der Waals surface area contributed by atoms with Crippen LogP contribution in [-0.4, -0.2) is 17.0 Å². The van der Waals surface area contributed by atoms with Gasteiger partial charge in [0.15, 0.2) is 0 Å². The largest absolute Gasteiger partial charge is 0.396 e. The van der Waals surface area contributed by atoms with Crippen LogP contribution >= 0.6 is 23.4 Å². The standard InChI is InChI=1S/C11H14ClFOS/c1-8(5-6-14)15-7-9-10(12)3-2-4-11(9)13/h2-4,8,14H,5-7H2,1H3. The fraction of sp³-hybridized carbons (Fsp3) is 0.455. The molecular formula is C11H14ClFOS. The quantitative estimate of drug-likeness (QED) is 0.861. The van der Waals surface area contributed by atoms with Crippen molar-refractivity contribution in [3.05, 3.63) is 34.6 Å². The number of hydrogen-bond donors (Lipinski definition) is 1. The van der Waals surface area contributed by atoms with Crippen molar-refractivity contribution in [1.82, 2.24) is 0 Å². The van der Waals surface area contributed by atoms with Crippen molar-refractivity contribution in [2.75, 3.05) is 6.61 Å². The molecule has 1 aromatic rings. The van der Waals surface area contributed by atoms with E-state index in [4.69, 9.17) is 16.7 Å². The van der Waals surface area contributed by atoms with Gasteiger partial charge in [0.25, 0.3) is 0 Å². The molecule has 0 aliphatic rings. The molecule has 1 N–H and O–H groups in total. The van der Waals surface area contributed by atoms with Gasteiger partial charge in [0.1, 0.15) is 5.82 Å². The van der Waals surface area contributed by atoms with Crippen LogP contribution in [-0.2, 0) is 5.75 Å². The molecule has 0 spiro atoms. The lowest BCUT2D eigenvalue weighted by Gasteiger charge is -2.10. The molecule has 0 radical (unpaired) electrons. The fourth-order valence-electron chi connectivity index (χ4n) is 1.16. The van der Waals surface area contributed by atoms with Gasteiger partial charge in [0.2, 0.25) is 0 Å². The van der Waals surface area contributed by atoms with Crippen molar-refractivity contribution in [3.63, 3.8) is 0 Å². The molecule has 0 saturated heterocycles. The van der Waals surface area contributed by atoms with Gasteiger partial charge >= 0.3 is 0 Å². The summed E-state index contributed by atoms with van der Waals surface area (Å²) in [7, 11) is 0. The second kappa shape index (κ2) is 6.36. The molecule has 1 aromatic carbocycles. The first kappa shape index (κ1) is 12.8. The summed E-state index contributed by atoms with van der Waals surface area (Å²) in [4.78, 5) is 0. The topological polar surface area (TPSA) is 20.2 Å². The molecule has 4 heteroatoms. The van der Waals surface area contributed by atoms with Crippen LogP contribution < -0.4 is 0 Å². The molecule has 0 aliphatic heterocycles. The van der Waals surface area contributed by atoms with Crippen molar-refractivity contribution >= 4 is 23.4 Å². The van der Waals surface area contributed by atoms with Crippen molar-refractivity contribution < 1.29 is 9.50 Å². The summed E-state index contributed by atoms with van der Waals surface area (Å²) < 4.78 is 13.3. The van der Waals surface area contributed by atoms with E-state index in [0.717, 1.165) is 6.42 Å². The Balaban J connectivity index is 2.57. The first-order valence-electron chi connectivity index (χ1n) is 4.80. The molecule has 15 heavy (non-hydrogen) atoms. The van der Waals surface area contributed by atoms with Crippen LogP contribution in [0.15, 0.2) is 18.2 Å². The van der Waals surface area contributed by atoms with Crippen LogP contribution in [0.2, 0.25) is 5.02 Å². The van der Waals surface area contributed by atoms with Gasteiger partial charge in [-0.25, -0.2) is 4.39 Å². The Kier molecular flexibility index (Phi) is 5.43. The van der Waals surface area contributed by atoms with Gasteiger partial charge in [0.05, 0.1) is 0 Å². The van der Waals surface area contributed by atoms with Crippen LogP contribution in [0, 0.1) is 5.82 Å². The van der Waals surface area contributed by atoms with E-state index in [1.165, 1.54) is 6.07 Å². The number of benzene rings is 1. The smallest absolute Gasteiger partial charge is 0.128 e. The number of aliphatic hydroxyl groups excluding tert-OH is 1. The number of aliphatic hydroxyl groups is 1. The number of halogens is 2. The molecule has 0 aliphatic carbocycles. The number of rotatable bonds is 5. The highest BCUT2D eigenvalue weighted by atomic mass is 35.5. The summed E-state index contributed by atoms with van der Waals surface area (Å²) in [6.07, 6.45) is 0.719. The normalized spacial score (nSPS) is 12.8. The summed E-state index contributed by atoms with van der Waals surface area (Å²) in [5, 5.41) is 9.51. The third kappa shape index (κ3) is 4.01. The molecule has 0 fully saturated rings. The van der Waals surface area contributed by atoms with E-state index in [2.05, 4.69) is 0 Å². The van der Waals surface area contributed by atoms with Crippen molar-refractivity contribution in [2.45, 2.75) is 24.3 Å². The second-order valence-corrected chi connectivity index (χ2v) is 5.17. The Hall–Kier alpha value is -0.250. The molecule has 84 valence electrons. The third-order valence-corrected chi connectivity index (χ3v) is 3.72. The average molecular weight is 249 g/mol. The monoisotopic (exact) mass is 248 g/mol. The van der Waals surface area contributed by atoms with Gasteiger partial charge in [-0.05, 0) is 18.6 Å². The van der Waals surface area contributed by atoms with Crippen molar-refractivity contribution in [1.29, 1.82) is 0 Å². The fourth-order valence-corrected chi connectivity index (χ4v) is 2.49. The Morgan fingerprint density at radius 1 is 1.53 bits per heavy atom. The predicted molar refractivity (Wildman–Crippen MR) is 63.9 cm³/mol. The molecule has 0 amide bonds. The van der Waals surface area contributed by atoms with Gasteiger partial charge < -0.3 is 5.11 Å². The van der Waals surface area contributed by atoms with Gasteiger partial charge in [-0.2, -0.15) is 11.8 Å². The SMILES string of the molecule is CC(CCO)SCc1c(F)cccc1Cl. The van der Waals surface area contributed by atoms with E-state index >= 15 is 0 Å². The molecule has 1 nitrogen and oxygen atoms in total. The third-order valence-electron chi connectivity index (χ3n) is 2.11. The first-order valence-corrected chi connectivity index (χ1v) is 6.23. The summed E-state index contributed by atoms with van der Waals surface area (Å²) in [6, 6.07) is 4.71. The van der Waals surface area contributed by atoms with Crippen LogP contribution in [0.1, 0.15) is 18.9 Å². The Bertz CT molecular complexity index is 299. The van der Waals surface area contributed by atoms with Crippen LogP contribution in [0.25, 0.3) is 0 Å². The lowest BCUT2D eigenvalue weighted by atomic mass is 10.2. The lowest BCUT2D eigenvalue weighted by molar-refractivity contribution is 0.289. The van der Waals surface area contributed by atoms with E-state index in [1.54, 1.807) is 23.9 Å². The number of hydrogen-bond acceptors (Lipinski definition) is 2. The zero-order chi connectivity index (χ0) is 11.3. The number of thioether (sulfide) groups is 1. The minimum atomic E-state index is -0.258. The molecule has 1 unspecified atom stereocenters. The first-order chi connectivity index (χ1) is 7.15. The van der Waals surface area contributed by atoms with E-state index in [0.29, 0.717) is 21.6 Å². The Labute approximate surface area is 98.6 Å². The summed E-state index contributed by atoms with van der Waals surface area (Å²) in [5.41, 5.74) is 0.550. The van der Waals surface area contributed by atoms with E-state index in [9.17, 15) is 4.39 Å². The van der Waals surface area contributed by atoms with E-state index in [1.807, 2.05) is 6.92 Å². The molecule has 1 atom stereocenters. The highest BCUT2D eigenvalue weighted by Gasteiger charge is 2.09. The van der Waals surface area contributed by atoms with Crippen molar-refractivity contribution in [3.8, 4) is 0 Å². The molecule has 1 rings (SSSR count). The van der Waals surface area contributed by atoms with Gasteiger partial charge in [-0.1, -0.05) is 24.6 Å². The Morgan fingerprint density at radius 2 is 2.27 bits per heavy atom. The molecule has 0 saturated carbocycles. The summed E-state index contributed by atoms with van der Waals surface area (Å²) >= 11 is 7.49. The maximum Gasteiger partial charge on any atom is 0.128 e. The molecular weight excluding hydrogens is 235 g/mol. The average Bonchev–Trinajstić information content (AvgIpc) is 2.17. The zero-order valence-electron chi connectivity index (χ0n) is 8.54. The van der Waals surface area contributed by atoms with Gasteiger partial charge in [-0.15, -0.1) is 0 Å². The highest BCUT2D eigenvalue weighted by Crippen LogP contribution is 2.26. The second-order valence-electron chi connectivity index (χ2n) is 3.33. The minimum Gasteiger partial charge on any atom is -0.396 e. The summed E-state index contributed by atoms with van der Waals surface area (Å²) in [5.74, 6) is 0.290. The maximum absolute atomic E-state index is 13.3. The Morgan fingerprint density at radius 3 is 2.87 bits per heavy atom. The van der Waals surface area contributed by atoms with Gasteiger partial charge in [-0.3, -0.25) is 0 Å². The minimum absolute atomic E-state index is 0.166. The lowest BCUT2D eigenvalue weighted by Crippen LogP contribution is -2.01. The van der Waals surface area contributed by atoms with Crippen LogP contribution in [0.3, 0.4) is 0 Å². The van der Waals surface area contributed by atoms with Crippen LogP contribution in [0.4, 0.5) is 4.39 Å². The van der Waals surface area contributed by atoms with Crippen molar-refractivity contribution in [2.24, 2.45) is 0 Å². The maximum atomic E-state index is 13.3. The highest BCUT2D eigenvalue weighted by molar-refractivity contribution is 7.99. The van der Waals surface area contributed by atoms with Gasteiger partial charge in [0, 0.05) is 28.2 Å². The van der Waals surface area contributed by atoms with E-state index in [-0.39, 0.29) is 12.4 Å². The van der Waals surface area contributed by atoms with Crippen LogP contribution in [0.5, 0.6) is 0 Å². The molecule has 0 heterocycles.